The number of halogens is 2. The van der Waals surface area contributed by atoms with Crippen LogP contribution in [0.25, 0.3) is 0 Å². The van der Waals surface area contributed by atoms with Crippen molar-refractivity contribution < 1.29 is 0 Å². The standard InChI is InChI=1S/C17H20ClN3.HI/c1-17(2,13-7-6-8-14(18)11-13)12-20-16(19)21-15-9-4-3-5-10-15;/h3-11H,12H2,1-2H3,(H3,19,20,21);1H. The van der Waals surface area contributed by atoms with Gasteiger partial charge >= 0.3 is 0 Å². The second-order valence-corrected chi connectivity index (χ2v) is 6.02. The van der Waals surface area contributed by atoms with Gasteiger partial charge in [-0.05, 0) is 29.8 Å². The Bertz CT molecular complexity index is 627. The van der Waals surface area contributed by atoms with E-state index in [1.54, 1.807) is 0 Å². The molecule has 0 amide bonds. The second kappa shape index (κ2) is 8.39. The van der Waals surface area contributed by atoms with E-state index in [1.165, 1.54) is 0 Å². The van der Waals surface area contributed by atoms with Crippen LogP contribution in [0.4, 0.5) is 5.69 Å². The second-order valence-electron chi connectivity index (χ2n) is 5.59. The highest BCUT2D eigenvalue weighted by Crippen LogP contribution is 2.25. The zero-order valence-electron chi connectivity index (χ0n) is 12.7. The maximum absolute atomic E-state index is 6.05. The molecule has 0 saturated heterocycles. The summed E-state index contributed by atoms with van der Waals surface area (Å²) in [6, 6.07) is 17.6. The van der Waals surface area contributed by atoms with E-state index in [-0.39, 0.29) is 29.4 Å². The minimum Gasteiger partial charge on any atom is -0.370 e. The zero-order valence-corrected chi connectivity index (χ0v) is 15.8. The van der Waals surface area contributed by atoms with Crippen molar-refractivity contribution in [1.29, 1.82) is 0 Å². The lowest BCUT2D eigenvalue weighted by Crippen LogP contribution is -2.27. The monoisotopic (exact) mass is 429 g/mol. The molecule has 3 N–H and O–H groups in total. The minimum atomic E-state index is -0.131. The quantitative estimate of drug-likeness (QED) is 0.422. The number of rotatable bonds is 4. The molecule has 118 valence electrons. The van der Waals surface area contributed by atoms with Gasteiger partial charge in [-0.2, -0.15) is 0 Å². The van der Waals surface area contributed by atoms with Crippen molar-refractivity contribution in [3.8, 4) is 0 Å². The summed E-state index contributed by atoms with van der Waals surface area (Å²) in [4.78, 5) is 4.44. The highest BCUT2D eigenvalue weighted by atomic mass is 127. The van der Waals surface area contributed by atoms with E-state index in [0.717, 1.165) is 16.3 Å². The summed E-state index contributed by atoms with van der Waals surface area (Å²) in [6.07, 6.45) is 0. The van der Waals surface area contributed by atoms with Gasteiger partial charge in [-0.15, -0.1) is 24.0 Å². The fraction of sp³-hybridized carbons (Fsp3) is 0.235. The van der Waals surface area contributed by atoms with Crippen LogP contribution >= 0.6 is 35.6 Å². The predicted octanol–water partition coefficient (Wildman–Crippen LogP) is 4.66. The molecule has 2 aromatic carbocycles. The molecule has 0 spiro atoms. The summed E-state index contributed by atoms with van der Waals surface area (Å²) >= 11 is 6.05. The van der Waals surface area contributed by atoms with E-state index in [9.17, 15) is 0 Å². The number of aliphatic imine (C=N–C) groups is 1. The first-order valence-corrected chi connectivity index (χ1v) is 7.23. The van der Waals surface area contributed by atoms with Crippen molar-refractivity contribution in [3.05, 3.63) is 65.2 Å². The van der Waals surface area contributed by atoms with Gasteiger partial charge in [0.25, 0.3) is 0 Å². The van der Waals surface area contributed by atoms with Gasteiger partial charge in [0, 0.05) is 16.1 Å². The summed E-state index contributed by atoms with van der Waals surface area (Å²) in [7, 11) is 0. The summed E-state index contributed by atoms with van der Waals surface area (Å²) in [5, 5.41) is 3.82. The molecule has 0 atom stereocenters. The Morgan fingerprint density at radius 2 is 1.82 bits per heavy atom. The van der Waals surface area contributed by atoms with Crippen molar-refractivity contribution in [2.45, 2.75) is 19.3 Å². The number of nitrogens with zero attached hydrogens (tertiary/aromatic N) is 1. The van der Waals surface area contributed by atoms with Gasteiger partial charge in [-0.1, -0.05) is 55.8 Å². The van der Waals surface area contributed by atoms with Crippen molar-refractivity contribution in [1.82, 2.24) is 0 Å². The average Bonchev–Trinajstić information content (AvgIpc) is 2.46. The van der Waals surface area contributed by atoms with E-state index in [4.69, 9.17) is 17.3 Å². The van der Waals surface area contributed by atoms with Gasteiger partial charge in [0.15, 0.2) is 5.96 Å². The summed E-state index contributed by atoms with van der Waals surface area (Å²) in [5.74, 6) is 0.413. The van der Waals surface area contributed by atoms with Gasteiger partial charge in [-0.25, -0.2) is 0 Å². The Hall–Kier alpha value is -1.27. The molecule has 0 fully saturated rings. The molecule has 0 unspecified atom stereocenters. The van der Waals surface area contributed by atoms with Crippen molar-refractivity contribution in [2.24, 2.45) is 10.7 Å². The third-order valence-electron chi connectivity index (χ3n) is 3.30. The van der Waals surface area contributed by atoms with Crippen LogP contribution in [0.5, 0.6) is 0 Å². The molecule has 0 aliphatic rings. The number of anilines is 1. The highest BCUT2D eigenvalue weighted by molar-refractivity contribution is 14.0. The van der Waals surface area contributed by atoms with Crippen LogP contribution in [0.2, 0.25) is 5.02 Å². The Morgan fingerprint density at radius 1 is 1.14 bits per heavy atom. The summed E-state index contributed by atoms with van der Waals surface area (Å²) in [6.45, 7) is 4.83. The van der Waals surface area contributed by atoms with Crippen LogP contribution in [0.15, 0.2) is 59.6 Å². The lowest BCUT2D eigenvalue weighted by molar-refractivity contribution is 0.540. The molecule has 3 nitrogen and oxygen atoms in total. The lowest BCUT2D eigenvalue weighted by Gasteiger charge is -2.23. The smallest absolute Gasteiger partial charge is 0.193 e. The number of hydrogen-bond acceptors (Lipinski definition) is 1. The molecule has 22 heavy (non-hydrogen) atoms. The molecule has 2 rings (SSSR count). The van der Waals surface area contributed by atoms with E-state index < -0.39 is 0 Å². The SMILES string of the molecule is CC(C)(CN=C(N)Nc1ccccc1)c1cccc(Cl)c1.I. The number of nitrogens with one attached hydrogen (secondary N) is 1. The molecule has 0 saturated carbocycles. The van der Waals surface area contributed by atoms with E-state index >= 15 is 0 Å². The fourth-order valence-corrected chi connectivity index (χ4v) is 2.18. The normalized spacial score (nSPS) is 11.7. The highest BCUT2D eigenvalue weighted by Gasteiger charge is 2.20. The molecule has 0 bridgehead atoms. The molecule has 2 aromatic rings. The Kier molecular flexibility index (Phi) is 7.16. The van der Waals surface area contributed by atoms with Crippen molar-refractivity contribution in [3.63, 3.8) is 0 Å². The Morgan fingerprint density at radius 3 is 2.45 bits per heavy atom. The van der Waals surface area contributed by atoms with Crippen LogP contribution < -0.4 is 11.1 Å². The molecular weight excluding hydrogens is 409 g/mol. The van der Waals surface area contributed by atoms with Crippen LogP contribution in [0.1, 0.15) is 19.4 Å². The summed E-state index contributed by atoms with van der Waals surface area (Å²) < 4.78 is 0. The van der Waals surface area contributed by atoms with Crippen molar-refractivity contribution >= 4 is 47.2 Å². The Balaban J connectivity index is 0.00000242. The van der Waals surface area contributed by atoms with E-state index in [0.29, 0.717) is 12.5 Å². The first kappa shape index (κ1) is 18.8. The molecule has 0 aliphatic heterocycles. The maximum Gasteiger partial charge on any atom is 0.193 e. The number of benzene rings is 2. The van der Waals surface area contributed by atoms with Gasteiger partial charge < -0.3 is 11.1 Å². The molecule has 0 aromatic heterocycles. The third-order valence-corrected chi connectivity index (χ3v) is 3.53. The average molecular weight is 430 g/mol. The molecule has 0 heterocycles. The fourth-order valence-electron chi connectivity index (χ4n) is 1.99. The van der Waals surface area contributed by atoms with Gasteiger partial charge in [0.05, 0.1) is 6.54 Å². The molecule has 5 heteroatoms. The van der Waals surface area contributed by atoms with Gasteiger partial charge in [0.1, 0.15) is 0 Å². The topological polar surface area (TPSA) is 50.4 Å². The Labute approximate surface area is 154 Å². The third kappa shape index (κ3) is 5.50. The molecular formula is C17H21ClIN3. The van der Waals surface area contributed by atoms with E-state index in [1.807, 2.05) is 48.5 Å². The number of guanidine groups is 1. The first-order valence-electron chi connectivity index (χ1n) is 6.85. The molecule has 0 aliphatic carbocycles. The molecule has 0 radical (unpaired) electrons. The van der Waals surface area contributed by atoms with Crippen LogP contribution in [0, 0.1) is 0 Å². The summed E-state index contributed by atoms with van der Waals surface area (Å²) in [5.41, 5.74) is 7.88. The van der Waals surface area contributed by atoms with Gasteiger partial charge in [0.2, 0.25) is 0 Å². The van der Waals surface area contributed by atoms with Crippen LogP contribution in [-0.2, 0) is 5.41 Å². The number of nitrogens with two attached hydrogens (primary N) is 1. The zero-order chi connectivity index (χ0) is 15.3. The lowest BCUT2D eigenvalue weighted by atomic mass is 9.85. The minimum absolute atomic E-state index is 0. The maximum atomic E-state index is 6.05. The van der Waals surface area contributed by atoms with Crippen LogP contribution in [0.3, 0.4) is 0 Å². The van der Waals surface area contributed by atoms with E-state index in [2.05, 4.69) is 30.2 Å². The number of para-hydroxylation sites is 1. The number of hydrogen-bond donors (Lipinski definition) is 2. The predicted molar refractivity (Wildman–Crippen MR) is 106 cm³/mol. The van der Waals surface area contributed by atoms with Crippen molar-refractivity contribution in [2.75, 3.05) is 11.9 Å². The van der Waals surface area contributed by atoms with Crippen LogP contribution in [-0.4, -0.2) is 12.5 Å². The first-order chi connectivity index (χ1) is 9.97. The van der Waals surface area contributed by atoms with Gasteiger partial charge in [-0.3, -0.25) is 4.99 Å². The largest absolute Gasteiger partial charge is 0.370 e.